The lowest BCUT2D eigenvalue weighted by Gasteiger charge is -2.05. The van der Waals surface area contributed by atoms with Crippen molar-refractivity contribution >= 4 is 23.2 Å². The van der Waals surface area contributed by atoms with Gasteiger partial charge >= 0.3 is 0 Å². The van der Waals surface area contributed by atoms with Crippen molar-refractivity contribution in [3.8, 4) is 0 Å². The summed E-state index contributed by atoms with van der Waals surface area (Å²) in [7, 11) is 0. The van der Waals surface area contributed by atoms with E-state index < -0.39 is 5.91 Å². The number of hydrogen-bond acceptors (Lipinski definition) is 3. The molecule has 0 aliphatic carbocycles. The lowest BCUT2D eigenvalue weighted by Crippen LogP contribution is -2.20. The standard InChI is InChI=1S/C12H10ClN3O2/c1-7-4-8(5-15-11(7)13)16-12(18)9-6-14-3-2-10(9)17/h2-6H,1H3,(H,14,17)(H,16,18). The first-order valence-electron chi connectivity index (χ1n) is 5.18. The van der Waals surface area contributed by atoms with Gasteiger partial charge in [0.15, 0.2) is 5.43 Å². The molecule has 0 aliphatic rings. The van der Waals surface area contributed by atoms with Gasteiger partial charge in [0, 0.05) is 18.5 Å². The summed E-state index contributed by atoms with van der Waals surface area (Å²) in [6, 6.07) is 2.98. The number of aromatic amines is 1. The van der Waals surface area contributed by atoms with Crippen LogP contribution in [0.15, 0.2) is 35.5 Å². The van der Waals surface area contributed by atoms with Crippen LogP contribution in [-0.2, 0) is 0 Å². The second-order valence-electron chi connectivity index (χ2n) is 3.71. The molecule has 0 unspecified atom stereocenters. The summed E-state index contributed by atoms with van der Waals surface area (Å²) in [5, 5.41) is 2.97. The first kappa shape index (κ1) is 12.3. The van der Waals surface area contributed by atoms with E-state index in [0.29, 0.717) is 10.8 Å². The van der Waals surface area contributed by atoms with Crippen LogP contribution in [0.4, 0.5) is 5.69 Å². The Morgan fingerprint density at radius 3 is 2.94 bits per heavy atom. The van der Waals surface area contributed by atoms with E-state index in [4.69, 9.17) is 11.6 Å². The van der Waals surface area contributed by atoms with Crippen molar-refractivity contribution in [1.82, 2.24) is 9.97 Å². The quantitative estimate of drug-likeness (QED) is 0.814. The maximum Gasteiger partial charge on any atom is 0.261 e. The van der Waals surface area contributed by atoms with E-state index in [1.54, 1.807) is 13.0 Å². The number of pyridine rings is 2. The number of rotatable bonds is 2. The zero-order valence-electron chi connectivity index (χ0n) is 9.53. The van der Waals surface area contributed by atoms with Gasteiger partial charge < -0.3 is 10.3 Å². The summed E-state index contributed by atoms with van der Waals surface area (Å²) in [5.74, 6) is -0.486. The van der Waals surface area contributed by atoms with Gasteiger partial charge in [-0.05, 0) is 18.6 Å². The summed E-state index contributed by atoms with van der Waals surface area (Å²) >= 11 is 5.78. The fraction of sp³-hybridized carbons (Fsp3) is 0.0833. The lowest BCUT2D eigenvalue weighted by molar-refractivity contribution is 0.102. The minimum atomic E-state index is -0.486. The Morgan fingerprint density at radius 2 is 2.28 bits per heavy atom. The maximum atomic E-state index is 11.8. The Bertz CT molecular complexity index is 652. The molecule has 0 aromatic carbocycles. The van der Waals surface area contributed by atoms with E-state index in [-0.39, 0.29) is 11.0 Å². The van der Waals surface area contributed by atoms with Crippen molar-refractivity contribution in [2.45, 2.75) is 6.92 Å². The van der Waals surface area contributed by atoms with Crippen molar-refractivity contribution in [1.29, 1.82) is 0 Å². The van der Waals surface area contributed by atoms with Crippen molar-refractivity contribution in [3.63, 3.8) is 0 Å². The van der Waals surface area contributed by atoms with E-state index in [0.717, 1.165) is 5.56 Å². The van der Waals surface area contributed by atoms with Gasteiger partial charge in [0.1, 0.15) is 10.7 Å². The van der Waals surface area contributed by atoms with Crippen molar-refractivity contribution < 1.29 is 4.79 Å². The third-order valence-electron chi connectivity index (χ3n) is 2.34. The molecule has 0 bridgehead atoms. The number of nitrogens with one attached hydrogen (secondary N) is 2. The molecule has 0 spiro atoms. The van der Waals surface area contributed by atoms with E-state index >= 15 is 0 Å². The predicted octanol–water partition coefficient (Wildman–Crippen LogP) is 1.98. The minimum absolute atomic E-state index is 0.0464. The Labute approximate surface area is 108 Å². The molecule has 18 heavy (non-hydrogen) atoms. The van der Waals surface area contributed by atoms with Crippen molar-refractivity contribution in [2.24, 2.45) is 0 Å². The smallest absolute Gasteiger partial charge is 0.261 e. The van der Waals surface area contributed by atoms with Crippen LogP contribution in [-0.4, -0.2) is 15.9 Å². The number of hydrogen-bond donors (Lipinski definition) is 2. The number of carbonyl (C=O) groups excluding carboxylic acids is 1. The molecule has 0 radical (unpaired) electrons. The number of aromatic nitrogens is 2. The molecule has 0 atom stereocenters. The minimum Gasteiger partial charge on any atom is -0.367 e. The molecule has 92 valence electrons. The molecule has 2 N–H and O–H groups in total. The van der Waals surface area contributed by atoms with Gasteiger partial charge in [-0.1, -0.05) is 11.6 Å². The number of anilines is 1. The highest BCUT2D eigenvalue weighted by molar-refractivity contribution is 6.30. The van der Waals surface area contributed by atoms with E-state index in [9.17, 15) is 9.59 Å². The van der Waals surface area contributed by atoms with Crippen LogP contribution in [0.25, 0.3) is 0 Å². The molecule has 0 saturated carbocycles. The molecule has 2 aromatic rings. The molecule has 2 aromatic heterocycles. The molecule has 0 fully saturated rings. The predicted molar refractivity (Wildman–Crippen MR) is 69.0 cm³/mol. The van der Waals surface area contributed by atoms with E-state index in [2.05, 4.69) is 15.3 Å². The third kappa shape index (κ3) is 2.57. The summed E-state index contributed by atoms with van der Waals surface area (Å²) in [6.45, 7) is 1.78. The second-order valence-corrected chi connectivity index (χ2v) is 4.07. The van der Waals surface area contributed by atoms with Crippen LogP contribution in [0.3, 0.4) is 0 Å². The number of nitrogens with zero attached hydrogens (tertiary/aromatic N) is 1. The summed E-state index contributed by atoms with van der Waals surface area (Å²) in [6.07, 6.45) is 4.26. The van der Waals surface area contributed by atoms with Crippen LogP contribution in [0.5, 0.6) is 0 Å². The summed E-state index contributed by atoms with van der Waals surface area (Å²) in [4.78, 5) is 29.9. The molecule has 1 amide bonds. The third-order valence-corrected chi connectivity index (χ3v) is 2.74. The highest BCUT2D eigenvalue weighted by Gasteiger charge is 2.10. The van der Waals surface area contributed by atoms with Crippen LogP contribution in [0.2, 0.25) is 5.15 Å². The molecular weight excluding hydrogens is 254 g/mol. The van der Waals surface area contributed by atoms with Crippen molar-refractivity contribution in [2.75, 3.05) is 5.32 Å². The maximum absolute atomic E-state index is 11.8. The topological polar surface area (TPSA) is 74.8 Å². The number of halogens is 1. The summed E-state index contributed by atoms with van der Waals surface area (Å²) in [5.41, 5.74) is 0.941. The largest absolute Gasteiger partial charge is 0.367 e. The Hall–Kier alpha value is -2.14. The van der Waals surface area contributed by atoms with Gasteiger partial charge in [0.25, 0.3) is 5.91 Å². The van der Waals surface area contributed by atoms with Crippen LogP contribution in [0, 0.1) is 6.92 Å². The van der Waals surface area contributed by atoms with Crippen LogP contribution >= 0.6 is 11.6 Å². The highest BCUT2D eigenvalue weighted by Crippen LogP contribution is 2.16. The van der Waals surface area contributed by atoms with Crippen LogP contribution in [0.1, 0.15) is 15.9 Å². The van der Waals surface area contributed by atoms with E-state index in [1.165, 1.54) is 24.7 Å². The normalized spacial score (nSPS) is 10.1. The van der Waals surface area contributed by atoms with Gasteiger partial charge in [0.2, 0.25) is 0 Å². The van der Waals surface area contributed by atoms with Gasteiger partial charge in [0.05, 0.1) is 11.9 Å². The molecule has 0 aliphatic heterocycles. The van der Waals surface area contributed by atoms with E-state index in [1.807, 2.05) is 0 Å². The van der Waals surface area contributed by atoms with Gasteiger partial charge in [-0.25, -0.2) is 4.98 Å². The number of aryl methyl sites for hydroxylation is 1. The molecular formula is C12H10ClN3O2. The first-order valence-corrected chi connectivity index (χ1v) is 5.56. The zero-order chi connectivity index (χ0) is 13.1. The Balaban J connectivity index is 2.24. The number of amides is 1. The fourth-order valence-corrected chi connectivity index (χ4v) is 1.52. The number of carbonyl (C=O) groups is 1. The molecule has 5 nitrogen and oxygen atoms in total. The summed E-state index contributed by atoms with van der Waals surface area (Å²) < 4.78 is 0. The SMILES string of the molecule is Cc1cc(NC(=O)c2c[nH]ccc2=O)cnc1Cl. The first-order chi connectivity index (χ1) is 8.58. The van der Waals surface area contributed by atoms with Gasteiger partial charge in [-0.2, -0.15) is 0 Å². The Morgan fingerprint density at radius 1 is 1.50 bits per heavy atom. The fourth-order valence-electron chi connectivity index (χ4n) is 1.42. The number of H-pyrrole nitrogens is 1. The van der Waals surface area contributed by atoms with Gasteiger partial charge in [-0.15, -0.1) is 0 Å². The monoisotopic (exact) mass is 263 g/mol. The van der Waals surface area contributed by atoms with Crippen molar-refractivity contribution in [3.05, 3.63) is 57.2 Å². The highest BCUT2D eigenvalue weighted by atomic mass is 35.5. The average Bonchev–Trinajstić information content (AvgIpc) is 2.34. The van der Waals surface area contributed by atoms with Gasteiger partial charge in [-0.3, -0.25) is 9.59 Å². The van der Waals surface area contributed by atoms with Crippen LogP contribution < -0.4 is 10.7 Å². The lowest BCUT2D eigenvalue weighted by atomic mass is 10.2. The Kier molecular flexibility index (Phi) is 3.43. The second kappa shape index (κ2) is 5.01. The zero-order valence-corrected chi connectivity index (χ0v) is 10.3. The molecule has 6 heteroatoms. The molecule has 2 rings (SSSR count). The average molecular weight is 264 g/mol. The molecule has 0 saturated heterocycles. The molecule has 2 heterocycles.